The van der Waals surface area contributed by atoms with Crippen molar-refractivity contribution < 1.29 is 22.7 Å². The second kappa shape index (κ2) is 9.53. The largest absolute Gasteiger partial charge is 0.411 e. The molecule has 150 valence electrons. The molecule has 0 spiro atoms. The summed E-state index contributed by atoms with van der Waals surface area (Å²) in [5.74, 6) is -0.340. The smallest absolute Gasteiger partial charge is 0.367 e. The van der Waals surface area contributed by atoms with E-state index in [1.54, 1.807) is 36.7 Å². The standard InChI is InChI=1S/C20H16F3N3O2S/c21-20(22,23)13-28-12-14-4-6-15(7-5-14)19(27)26-16-8-10-25-18(11-16)29-17-3-1-2-9-24-17/h1-11H,12-13H2,(H,25,26,27). The van der Waals surface area contributed by atoms with Crippen LogP contribution in [0.5, 0.6) is 0 Å². The topological polar surface area (TPSA) is 64.1 Å². The number of aromatic nitrogens is 2. The number of ether oxygens (including phenoxy) is 1. The summed E-state index contributed by atoms with van der Waals surface area (Å²) in [7, 11) is 0. The molecule has 1 N–H and O–H groups in total. The van der Waals surface area contributed by atoms with Gasteiger partial charge >= 0.3 is 6.18 Å². The Hall–Kier alpha value is -2.91. The first-order chi connectivity index (χ1) is 13.9. The van der Waals surface area contributed by atoms with Gasteiger partial charge in [-0.3, -0.25) is 4.79 Å². The van der Waals surface area contributed by atoms with Crippen LogP contribution in [0.4, 0.5) is 18.9 Å². The minimum absolute atomic E-state index is 0.181. The van der Waals surface area contributed by atoms with Gasteiger partial charge in [-0.1, -0.05) is 30.0 Å². The molecule has 0 unspecified atom stereocenters. The first-order valence-corrected chi connectivity index (χ1v) is 9.30. The van der Waals surface area contributed by atoms with E-state index in [9.17, 15) is 18.0 Å². The molecule has 0 saturated carbocycles. The molecule has 0 fully saturated rings. The Labute approximate surface area is 169 Å². The molecule has 5 nitrogen and oxygen atoms in total. The number of benzene rings is 1. The fourth-order valence-electron chi connectivity index (χ4n) is 2.30. The third-order valence-electron chi connectivity index (χ3n) is 3.59. The van der Waals surface area contributed by atoms with Gasteiger partial charge in [0.2, 0.25) is 0 Å². The lowest BCUT2D eigenvalue weighted by Gasteiger charge is -2.09. The monoisotopic (exact) mass is 419 g/mol. The average molecular weight is 419 g/mol. The summed E-state index contributed by atoms with van der Waals surface area (Å²) in [5.41, 5.74) is 1.49. The maximum absolute atomic E-state index is 12.4. The lowest BCUT2D eigenvalue weighted by Crippen LogP contribution is -2.16. The second-order valence-corrected chi connectivity index (χ2v) is 6.95. The summed E-state index contributed by atoms with van der Waals surface area (Å²) in [5, 5.41) is 4.24. The van der Waals surface area contributed by atoms with Gasteiger partial charge in [-0.15, -0.1) is 0 Å². The van der Waals surface area contributed by atoms with Crippen LogP contribution in [0, 0.1) is 0 Å². The molecule has 1 aromatic carbocycles. The molecule has 3 rings (SSSR count). The zero-order valence-electron chi connectivity index (χ0n) is 15.0. The molecule has 0 radical (unpaired) electrons. The van der Waals surface area contributed by atoms with Crippen molar-refractivity contribution in [2.24, 2.45) is 0 Å². The molecule has 0 aliphatic heterocycles. The van der Waals surface area contributed by atoms with Crippen molar-refractivity contribution >= 4 is 23.4 Å². The molecule has 0 bridgehead atoms. The molecule has 3 aromatic rings. The van der Waals surface area contributed by atoms with Crippen molar-refractivity contribution in [3.8, 4) is 0 Å². The van der Waals surface area contributed by atoms with Crippen molar-refractivity contribution in [1.82, 2.24) is 9.97 Å². The summed E-state index contributed by atoms with van der Waals surface area (Å²) in [6.45, 7) is -1.49. The van der Waals surface area contributed by atoms with Gasteiger partial charge in [0.25, 0.3) is 5.91 Å². The zero-order chi connectivity index (χ0) is 20.7. The summed E-state index contributed by atoms with van der Waals surface area (Å²) in [6.07, 6.45) is -1.09. The summed E-state index contributed by atoms with van der Waals surface area (Å²) < 4.78 is 40.9. The van der Waals surface area contributed by atoms with Crippen molar-refractivity contribution in [3.63, 3.8) is 0 Å². The van der Waals surface area contributed by atoms with Crippen LogP contribution in [-0.2, 0) is 11.3 Å². The van der Waals surface area contributed by atoms with Crippen molar-refractivity contribution in [3.05, 3.63) is 78.1 Å². The van der Waals surface area contributed by atoms with Crippen LogP contribution < -0.4 is 5.32 Å². The van der Waals surface area contributed by atoms with E-state index in [2.05, 4.69) is 20.0 Å². The minimum atomic E-state index is -4.36. The second-order valence-electron chi connectivity index (χ2n) is 5.91. The van der Waals surface area contributed by atoms with Crippen molar-refractivity contribution in [2.75, 3.05) is 11.9 Å². The minimum Gasteiger partial charge on any atom is -0.367 e. The van der Waals surface area contributed by atoms with Crippen LogP contribution in [0.15, 0.2) is 77.0 Å². The SMILES string of the molecule is O=C(Nc1ccnc(Sc2ccccn2)c1)c1ccc(COCC(F)(F)F)cc1. The molecule has 1 amide bonds. The Morgan fingerprint density at radius 3 is 2.45 bits per heavy atom. The van der Waals surface area contributed by atoms with Crippen molar-refractivity contribution in [1.29, 1.82) is 0 Å². The number of pyridine rings is 2. The number of nitrogens with one attached hydrogen (secondary N) is 1. The quantitative estimate of drug-likeness (QED) is 0.587. The fraction of sp³-hybridized carbons (Fsp3) is 0.150. The predicted molar refractivity (Wildman–Crippen MR) is 103 cm³/mol. The summed E-state index contributed by atoms with van der Waals surface area (Å²) in [6, 6.07) is 15.1. The normalized spacial score (nSPS) is 11.3. The lowest BCUT2D eigenvalue weighted by molar-refractivity contribution is -0.176. The molecule has 0 aliphatic rings. The predicted octanol–water partition coefficient (Wildman–Crippen LogP) is 4.96. The molecule has 29 heavy (non-hydrogen) atoms. The Bertz CT molecular complexity index is 951. The molecule has 0 saturated heterocycles. The average Bonchev–Trinajstić information content (AvgIpc) is 2.68. The van der Waals surface area contributed by atoms with Crippen LogP contribution in [0.3, 0.4) is 0 Å². The van der Waals surface area contributed by atoms with Crippen LogP contribution in [0.1, 0.15) is 15.9 Å². The van der Waals surface area contributed by atoms with Gasteiger partial charge in [-0.25, -0.2) is 9.97 Å². The van der Waals surface area contributed by atoms with Gasteiger partial charge in [0.1, 0.15) is 16.7 Å². The lowest BCUT2D eigenvalue weighted by atomic mass is 10.1. The number of carbonyl (C=O) groups excluding carboxylic acids is 1. The van der Waals surface area contributed by atoms with E-state index in [0.29, 0.717) is 21.8 Å². The van der Waals surface area contributed by atoms with E-state index in [1.165, 1.54) is 23.9 Å². The molecule has 0 atom stereocenters. The van der Waals surface area contributed by atoms with E-state index in [0.717, 1.165) is 5.03 Å². The highest BCUT2D eigenvalue weighted by Crippen LogP contribution is 2.25. The summed E-state index contributed by atoms with van der Waals surface area (Å²) >= 11 is 1.37. The molecule has 0 aliphatic carbocycles. The number of anilines is 1. The van der Waals surface area contributed by atoms with Gasteiger partial charge in [0, 0.05) is 23.6 Å². The highest BCUT2D eigenvalue weighted by Gasteiger charge is 2.27. The number of alkyl halides is 3. The molecule has 2 aromatic heterocycles. The van der Waals surface area contributed by atoms with E-state index in [4.69, 9.17) is 0 Å². The Morgan fingerprint density at radius 1 is 1.00 bits per heavy atom. The van der Waals surface area contributed by atoms with Gasteiger partial charge < -0.3 is 10.1 Å². The van der Waals surface area contributed by atoms with Crippen LogP contribution >= 0.6 is 11.8 Å². The Balaban J connectivity index is 1.58. The number of nitrogens with zero attached hydrogens (tertiary/aromatic N) is 2. The molecule has 9 heteroatoms. The third-order valence-corrected chi connectivity index (χ3v) is 4.47. The van der Waals surface area contributed by atoms with Crippen LogP contribution in [-0.4, -0.2) is 28.7 Å². The number of hydrogen-bond donors (Lipinski definition) is 1. The Kier molecular flexibility index (Phi) is 6.84. The first kappa shape index (κ1) is 20.8. The number of hydrogen-bond acceptors (Lipinski definition) is 5. The highest BCUT2D eigenvalue weighted by atomic mass is 32.2. The third kappa shape index (κ3) is 6.88. The molecular formula is C20H16F3N3O2S. The number of rotatable bonds is 7. The van der Waals surface area contributed by atoms with Gasteiger partial charge in [0.05, 0.1) is 6.61 Å². The Morgan fingerprint density at radius 2 is 1.76 bits per heavy atom. The highest BCUT2D eigenvalue weighted by molar-refractivity contribution is 7.99. The van der Waals surface area contributed by atoms with Crippen LogP contribution in [0.25, 0.3) is 0 Å². The van der Waals surface area contributed by atoms with E-state index in [1.807, 2.05) is 18.2 Å². The van der Waals surface area contributed by atoms with Gasteiger partial charge in [0.15, 0.2) is 0 Å². The van der Waals surface area contributed by atoms with Crippen LogP contribution in [0.2, 0.25) is 0 Å². The molecule has 2 heterocycles. The van der Waals surface area contributed by atoms with Gasteiger partial charge in [-0.05, 0) is 42.0 Å². The molecular weight excluding hydrogens is 403 g/mol. The zero-order valence-corrected chi connectivity index (χ0v) is 15.8. The summed E-state index contributed by atoms with van der Waals surface area (Å²) in [4.78, 5) is 20.9. The maximum Gasteiger partial charge on any atom is 0.411 e. The van der Waals surface area contributed by atoms with Gasteiger partial charge in [-0.2, -0.15) is 13.2 Å². The maximum atomic E-state index is 12.4. The van der Waals surface area contributed by atoms with E-state index < -0.39 is 12.8 Å². The van der Waals surface area contributed by atoms with Crippen molar-refractivity contribution in [2.45, 2.75) is 22.8 Å². The number of carbonyl (C=O) groups is 1. The number of halogens is 3. The number of amides is 1. The first-order valence-electron chi connectivity index (χ1n) is 8.49. The van der Waals surface area contributed by atoms with E-state index in [-0.39, 0.29) is 12.5 Å². The fourth-order valence-corrected chi connectivity index (χ4v) is 3.07. The van der Waals surface area contributed by atoms with E-state index >= 15 is 0 Å².